The average molecular weight is 266 g/mol. The third-order valence-corrected chi connectivity index (χ3v) is 3.57. The Morgan fingerprint density at radius 2 is 1.47 bits per heavy atom. The van der Waals surface area contributed by atoms with Crippen LogP contribution in [0.15, 0.2) is 24.8 Å². The van der Waals surface area contributed by atoms with E-state index in [9.17, 15) is 5.11 Å². The van der Waals surface area contributed by atoms with Crippen LogP contribution in [-0.2, 0) is 0 Å². The van der Waals surface area contributed by atoms with Crippen LogP contribution in [-0.4, -0.2) is 11.2 Å². The van der Waals surface area contributed by atoms with E-state index in [4.69, 9.17) is 0 Å². The molecule has 0 bridgehead atoms. The third kappa shape index (κ3) is 15.4. The van der Waals surface area contributed by atoms with Gasteiger partial charge >= 0.3 is 0 Å². The summed E-state index contributed by atoms with van der Waals surface area (Å²) in [7, 11) is 0. The molecule has 0 rings (SSSR count). The van der Waals surface area contributed by atoms with Crippen molar-refractivity contribution in [2.24, 2.45) is 0 Å². The summed E-state index contributed by atoms with van der Waals surface area (Å²) in [6.07, 6.45) is 20.7. The molecule has 1 heteroatoms. The number of hydrogen-bond donors (Lipinski definition) is 1. The van der Waals surface area contributed by atoms with Crippen LogP contribution >= 0.6 is 0 Å². The first-order valence-electron chi connectivity index (χ1n) is 8.26. The SMILES string of the molecule is C=C/C=C\CCCCCCCCC(O)CCCCC. The zero-order valence-electron chi connectivity index (χ0n) is 12.9. The van der Waals surface area contributed by atoms with Gasteiger partial charge in [0.25, 0.3) is 0 Å². The molecule has 0 aromatic heterocycles. The Hall–Kier alpha value is -0.560. The van der Waals surface area contributed by atoms with Crippen LogP contribution in [0.4, 0.5) is 0 Å². The Balaban J connectivity index is 3.13. The van der Waals surface area contributed by atoms with Crippen molar-refractivity contribution in [3.63, 3.8) is 0 Å². The van der Waals surface area contributed by atoms with Gasteiger partial charge in [-0.25, -0.2) is 0 Å². The average Bonchev–Trinajstić information content (AvgIpc) is 2.41. The number of aliphatic hydroxyl groups is 1. The van der Waals surface area contributed by atoms with Crippen molar-refractivity contribution in [2.75, 3.05) is 0 Å². The number of rotatable bonds is 14. The Morgan fingerprint density at radius 3 is 2.11 bits per heavy atom. The van der Waals surface area contributed by atoms with Crippen molar-refractivity contribution >= 4 is 0 Å². The molecule has 0 saturated carbocycles. The summed E-state index contributed by atoms with van der Waals surface area (Å²) in [5.74, 6) is 0. The van der Waals surface area contributed by atoms with Crippen molar-refractivity contribution < 1.29 is 5.11 Å². The van der Waals surface area contributed by atoms with Gasteiger partial charge in [-0.3, -0.25) is 0 Å². The van der Waals surface area contributed by atoms with Gasteiger partial charge in [0.1, 0.15) is 0 Å². The predicted molar refractivity (Wildman–Crippen MR) is 86.4 cm³/mol. The smallest absolute Gasteiger partial charge is 0.0540 e. The molecule has 0 aliphatic heterocycles. The molecule has 0 heterocycles. The highest BCUT2D eigenvalue weighted by molar-refractivity contribution is 4.96. The molecular weight excluding hydrogens is 232 g/mol. The van der Waals surface area contributed by atoms with Crippen molar-refractivity contribution in [2.45, 2.75) is 90.1 Å². The molecular formula is C18H34O. The maximum absolute atomic E-state index is 9.78. The number of allylic oxidation sites excluding steroid dienone is 3. The van der Waals surface area contributed by atoms with Gasteiger partial charge < -0.3 is 5.11 Å². The van der Waals surface area contributed by atoms with Gasteiger partial charge in [-0.2, -0.15) is 0 Å². The fraction of sp³-hybridized carbons (Fsp3) is 0.778. The van der Waals surface area contributed by atoms with Gasteiger partial charge in [-0.05, 0) is 25.7 Å². The first-order valence-corrected chi connectivity index (χ1v) is 8.26. The van der Waals surface area contributed by atoms with Crippen LogP contribution in [0.3, 0.4) is 0 Å². The largest absolute Gasteiger partial charge is 0.393 e. The summed E-state index contributed by atoms with van der Waals surface area (Å²) in [5, 5.41) is 9.78. The minimum atomic E-state index is -0.0457. The molecule has 0 amide bonds. The molecule has 0 aliphatic carbocycles. The van der Waals surface area contributed by atoms with E-state index in [1.165, 1.54) is 64.2 Å². The molecule has 1 unspecified atom stereocenters. The van der Waals surface area contributed by atoms with Crippen LogP contribution in [0, 0.1) is 0 Å². The molecule has 0 aromatic carbocycles. The van der Waals surface area contributed by atoms with Crippen LogP contribution in [0.25, 0.3) is 0 Å². The van der Waals surface area contributed by atoms with Gasteiger partial charge in [-0.1, -0.05) is 83.1 Å². The van der Waals surface area contributed by atoms with Crippen molar-refractivity contribution in [3.8, 4) is 0 Å². The molecule has 0 radical (unpaired) electrons. The second kappa shape index (κ2) is 15.5. The Kier molecular flexibility index (Phi) is 15.0. The summed E-state index contributed by atoms with van der Waals surface area (Å²) in [5.41, 5.74) is 0. The van der Waals surface area contributed by atoms with Crippen molar-refractivity contribution in [1.29, 1.82) is 0 Å². The van der Waals surface area contributed by atoms with Crippen LogP contribution in [0.2, 0.25) is 0 Å². The fourth-order valence-electron chi connectivity index (χ4n) is 2.32. The molecule has 1 atom stereocenters. The van der Waals surface area contributed by atoms with E-state index in [-0.39, 0.29) is 6.10 Å². The topological polar surface area (TPSA) is 20.2 Å². The maximum atomic E-state index is 9.78. The Morgan fingerprint density at radius 1 is 0.895 bits per heavy atom. The minimum Gasteiger partial charge on any atom is -0.393 e. The third-order valence-electron chi connectivity index (χ3n) is 3.57. The van der Waals surface area contributed by atoms with Gasteiger partial charge in [0.05, 0.1) is 6.10 Å². The lowest BCUT2D eigenvalue weighted by Crippen LogP contribution is -2.05. The van der Waals surface area contributed by atoms with E-state index in [1.807, 2.05) is 12.2 Å². The predicted octanol–water partition coefficient (Wildman–Crippen LogP) is 5.79. The highest BCUT2D eigenvalue weighted by atomic mass is 16.3. The molecule has 0 spiro atoms. The lowest BCUT2D eigenvalue weighted by Gasteiger charge is -2.09. The molecule has 1 nitrogen and oxygen atoms in total. The second-order valence-electron chi connectivity index (χ2n) is 5.51. The Bertz CT molecular complexity index is 208. The van der Waals surface area contributed by atoms with E-state index in [0.29, 0.717) is 0 Å². The van der Waals surface area contributed by atoms with Gasteiger partial charge in [0.15, 0.2) is 0 Å². The maximum Gasteiger partial charge on any atom is 0.0540 e. The monoisotopic (exact) mass is 266 g/mol. The molecule has 0 aromatic rings. The highest BCUT2D eigenvalue weighted by Gasteiger charge is 2.02. The first kappa shape index (κ1) is 18.4. The quantitative estimate of drug-likeness (QED) is 0.311. The fourth-order valence-corrected chi connectivity index (χ4v) is 2.32. The molecule has 0 fully saturated rings. The van der Waals surface area contributed by atoms with E-state index in [1.54, 1.807) is 0 Å². The summed E-state index contributed by atoms with van der Waals surface area (Å²) in [6.45, 7) is 5.87. The lowest BCUT2D eigenvalue weighted by atomic mass is 10.0. The van der Waals surface area contributed by atoms with E-state index in [0.717, 1.165) is 12.8 Å². The summed E-state index contributed by atoms with van der Waals surface area (Å²) in [4.78, 5) is 0. The van der Waals surface area contributed by atoms with E-state index < -0.39 is 0 Å². The first-order chi connectivity index (χ1) is 9.31. The second-order valence-corrected chi connectivity index (χ2v) is 5.51. The minimum absolute atomic E-state index is 0.0457. The van der Waals surface area contributed by atoms with Gasteiger partial charge in [-0.15, -0.1) is 0 Å². The molecule has 0 aliphatic rings. The molecule has 112 valence electrons. The van der Waals surface area contributed by atoms with Crippen molar-refractivity contribution in [1.82, 2.24) is 0 Å². The summed E-state index contributed by atoms with van der Waals surface area (Å²) in [6, 6.07) is 0. The van der Waals surface area contributed by atoms with Crippen LogP contribution in [0.1, 0.15) is 84.0 Å². The zero-order chi connectivity index (χ0) is 14.2. The van der Waals surface area contributed by atoms with E-state index >= 15 is 0 Å². The summed E-state index contributed by atoms with van der Waals surface area (Å²) < 4.78 is 0. The standard InChI is InChI=1S/C18H34O/c1-3-5-7-8-9-10-11-12-13-15-17-18(19)16-14-6-4-2/h3,5,7,18-19H,1,4,6,8-17H2,2H3/b7-5-. The van der Waals surface area contributed by atoms with Crippen LogP contribution < -0.4 is 0 Å². The lowest BCUT2D eigenvalue weighted by molar-refractivity contribution is 0.147. The van der Waals surface area contributed by atoms with Gasteiger partial charge in [0.2, 0.25) is 0 Å². The zero-order valence-corrected chi connectivity index (χ0v) is 12.9. The molecule has 0 saturated heterocycles. The number of unbranched alkanes of at least 4 members (excludes halogenated alkanes) is 8. The van der Waals surface area contributed by atoms with Gasteiger partial charge in [0, 0.05) is 0 Å². The normalized spacial score (nSPS) is 12.9. The van der Waals surface area contributed by atoms with Crippen LogP contribution in [0.5, 0.6) is 0 Å². The number of hydrogen-bond acceptors (Lipinski definition) is 1. The molecule has 1 N–H and O–H groups in total. The Labute approximate surface area is 120 Å². The number of aliphatic hydroxyl groups excluding tert-OH is 1. The summed E-state index contributed by atoms with van der Waals surface area (Å²) >= 11 is 0. The van der Waals surface area contributed by atoms with E-state index in [2.05, 4.69) is 19.6 Å². The molecule has 19 heavy (non-hydrogen) atoms. The van der Waals surface area contributed by atoms with Crippen molar-refractivity contribution in [3.05, 3.63) is 24.8 Å². The highest BCUT2D eigenvalue weighted by Crippen LogP contribution is 2.13.